The van der Waals surface area contributed by atoms with Gasteiger partial charge in [0.25, 0.3) is 0 Å². The molecule has 0 bridgehead atoms. The van der Waals surface area contributed by atoms with Crippen LogP contribution in [0.5, 0.6) is 0 Å². The van der Waals surface area contributed by atoms with Crippen molar-refractivity contribution in [2.24, 2.45) is 0 Å². The van der Waals surface area contributed by atoms with Gasteiger partial charge >= 0.3 is 0 Å². The molecule has 10 aromatic rings. The van der Waals surface area contributed by atoms with Crippen molar-refractivity contribution in [1.82, 2.24) is 19.9 Å². The highest BCUT2D eigenvalue weighted by atomic mass is 32.1. The van der Waals surface area contributed by atoms with Crippen LogP contribution in [-0.4, -0.2) is 19.9 Å². The van der Waals surface area contributed by atoms with Crippen LogP contribution < -0.4 is 0 Å². The van der Waals surface area contributed by atoms with Crippen molar-refractivity contribution in [3.05, 3.63) is 158 Å². The summed E-state index contributed by atoms with van der Waals surface area (Å²) >= 11 is 3.56. The molecule has 0 saturated heterocycles. The van der Waals surface area contributed by atoms with E-state index >= 15 is 0 Å². The van der Waals surface area contributed by atoms with Crippen LogP contribution in [0.25, 0.3) is 97.0 Å². The highest BCUT2D eigenvalue weighted by Crippen LogP contribution is 2.45. The molecule has 7 aromatic carbocycles. The van der Waals surface area contributed by atoms with Crippen LogP contribution in [0.3, 0.4) is 0 Å². The summed E-state index contributed by atoms with van der Waals surface area (Å²) in [6, 6.07) is 55.0. The number of aromatic nitrogens is 4. The summed E-state index contributed by atoms with van der Waals surface area (Å²) in [6.07, 6.45) is 0. The second kappa shape index (κ2) is 11.8. The summed E-state index contributed by atoms with van der Waals surface area (Å²) in [6.45, 7) is 0. The fraction of sp³-hybridized carbons (Fsp3) is 0. The number of thiazole rings is 1. The molecule has 50 heavy (non-hydrogen) atoms. The predicted molar refractivity (Wildman–Crippen MR) is 211 cm³/mol. The van der Waals surface area contributed by atoms with E-state index < -0.39 is 0 Å². The van der Waals surface area contributed by atoms with Gasteiger partial charge < -0.3 is 0 Å². The van der Waals surface area contributed by atoms with E-state index in [0.29, 0.717) is 17.5 Å². The SMILES string of the molecule is c1ccc(-c2nc(-c3ccc4ccccc4c3)nc(-c3ccccc3-c3cccc4sc5cc6nc(-c7ccccc7)sc6cc5c34)n2)cc1. The molecular formula is C44H26N4S2. The normalized spacial score (nSPS) is 11.6. The van der Waals surface area contributed by atoms with Gasteiger partial charge in [0.05, 0.1) is 10.2 Å². The van der Waals surface area contributed by atoms with E-state index in [-0.39, 0.29) is 0 Å². The molecule has 0 N–H and O–H groups in total. The van der Waals surface area contributed by atoms with Crippen molar-refractivity contribution in [3.8, 4) is 55.9 Å². The first-order valence-electron chi connectivity index (χ1n) is 16.5. The lowest BCUT2D eigenvalue weighted by Crippen LogP contribution is -2.01. The summed E-state index contributed by atoms with van der Waals surface area (Å²) in [4.78, 5) is 20.3. The summed E-state index contributed by atoms with van der Waals surface area (Å²) < 4.78 is 3.65. The largest absolute Gasteiger partial charge is 0.236 e. The van der Waals surface area contributed by atoms with Crippen LogP contribution in [0.4, 0.5) is 0 Å². The van der Waals surface area contributed by atoms with Gasteiger partial charge in [0.1, 0.15) is 5.01 Å². The van der Waals surface area contributed by atoms with Crippen LogP contribution in [0.2, 0.25) is 0 Å². The fourth-order valence-electron chi connectivity index (χ4n) is 6.76. The van der Waals surface area contributed by atoms with Gasteiger partial charge in [-0.15, -0.1) is 22.7 Å². The minimum Gasteiger partial charge on any atom is -0.236 e. The zero-order valence-corrected chi connectivity index (χ0v) is 28.2. The van der Waals surface area contributed by atoms with E-state index in [1.165, 1.54) is 30.3 Å². The number of nitrogens with zero attached hydrogens (tertiary/aromatic N) is 4. The first-order chi connectivity index (χ1) is 24.7. The maximum absolute atomic E-state index is 5.17. The maximum Gasteiger partial charge on any atom is 0.164 e. The van der Waals surface area contributed by atoms with Crippen LogP contribution in [0.1, 0.15) is 0 Å². The lowest BCUT2D eigenvalue weighted by Gasteiger charge is -2.13. The Bertz CT molecular complexity index is 2880. The fourth-order valence-corrected chi connectivity index (χ4v) is 8.90. The van der Waals surface area contributed by atoms with Crippen molar-refractivity contribution in [2.45, 2.75) is 0 Å². The Labute approximate surface area is 296 Å². The van der Waals surface area contributed by atoms with Crippen molar-refractivity contribution < 1.29 is 0 Å². The molecule has 0 aliphatic carbocycles. The van der Waals surface area contributed by atoms with Gasteiger partial charge in [-0.2, -0.15) is 0 Å². The van der Waals surface area contributed by atoms with Gasteiger partial charge in [0, 0.05) is 42.4 Å². The summed E-state index contributed by atoms with van der Waals surface area (Å²) in [5.41, 5.74) is 7.29. The number of hydrogen-bond donors (Lipinski definition) is 0. The van der Waals surface area contributed by atoms with Gasteiger partial charge in [-0.05, 0) is 46.2 Å². The smallest absolute Gasteiger partial charge is 0.164 e. The summed E-state index contributed by atoms with van der Waals surface area (Å²) in [5.74, 6) is 1.94. The lowest BCUT2D eigenvalue weighted by atomic mass is 9.95. The average molecular weight is 675 g/mol. The van der Waals surface area contributed by atoms with E-state index in [1.807, 2.05) is 35.6 Å². The molecule has 0 amide bonds. The molecule has 0 fully saturated rings. The van der Waals surface area contributed by atoms with Crippen LogP contribution >= 0.6 is 22.7 Å². The molecule has 0 spiro atoms. The van der Waals surface area contributed by atoms with Gasteiger partial charge in [0.15, 0.2) is 17.5 Å². The third kappa shape index (κ3) is 4.96. The Kier molecular flexibility index (Phi) is 6.82. The van der Waals surface area contributed by atoms with Gasteiger partial charge in [-0.3, -0.25) is 0 Å². The highest BCUT2D eigenvalue weighted by molar-refractivity contribution is 7.26. The molecule has 234 valence electrons. The monoisotopic (exact) mass is 674 g/mol. The molecule has 3 aromatic heterocycles. The van der Waals surface area contributed by atoms with E-state index in [1.54, 1.807) is 11.3 Å². The van der Waals surface area contributed by atoms with E-state index in [4.69, 9.17) is 19.9 Å². The molecule has 0 saturated carbocycles. The quantitative estimate of drug-likeness (QED) is 0.182. The second-order valence-electron chi connectivity index (χ2n) is 12.3. The van der Waals surface area contributed by atoms with Crippen LogP contribution in [0.15, 0.2) is 158 Å². The molecule has 0 aliphatic heterocycles. The lowest BCUT2D eigenvalue weighted by molar-refractivity contribution is 1.07. The molecule has 4 nitrogen and oxygen atoms in total. The van der Waals surface area contributed by atoms with Crippen molar-refractivity contribution >= 4 is 63.8 Å². The van der Waals surface area contributed by atoms with Crippen LogP contribution in [-0.2, 0) is 0 Å². The Balaban J connectivity index is 1.17. The third-order valence-corrected chi connectivity index (χ3v) is 11.3. The summed E-state index contributed by atoms with van der Waals surface area (Å²) in [5, 5.41) is 5.85. The molecular weight excluding hydrogens is 649 g/mol. The molecule has 6 heteroatoms. The van der Waals surface area contributed by atoms with Gasteiger partial charge in [-0.25, -0.2) is 19.9 Å². The number of fused-ring (bicyclic) bond motifs is 5. The number of hydrogen-bond acceptors (Lipinski definition) is 6. The van der Waals surface area contributed by atoms with E-state index in [2.05, 4.69) is 133 Å². The Hall–Kier alpha value is -6.08. The van der Waals surface area contributed by atoms with Crippen molar-refractivity contribution in [3.63, 3.8) is 0 Å². The predicted octanol–water partition coefficient (Wildman–Crippen LogP) is 12.3. The first-order valence-corrected chi connectivity index (χ1v) is 18.1. The van der Waals surface area contributed by atoms with E-state index in [9.17, 15) is 0 Å². The summed E-state index contributed by atoms with van der Waals surface area (Å²) in [7, 11) is 0. The first kappa shape index (κ1) is 28.9. The molecule has 0 atom stereocenters. The van der Waals surface area contributed by atoms with Gasteiger partial charge in [-0.1, -0.05) is 133 Å². The van der Waals surface area contributed by atoms with Gasteiger partial charge in [0.2, 0.25) is 0 Å². The van der Waals surface area contributed by atoms with Crippen molar-refractivity contribution in [2.75, 3.05) is 0 Å². The molecule has 0 aliphatic rings. The Morgan fingerprint density at radius 1 is 0.360 bits per heavy atom. The van der Waals surface area contributed by atoms with Crippen molar-refractivity contribution in [1.29, 1.82) is 0 Å². The number of benzene rings is 7. The molecule has 0 unspecified atom stereocenters. The number of rotatable bonds is 5. The standard InChI is InChI=1S/C44H26N4S2/c1-3-13-28(14-4-1)41-46-42(31-23-22-27-12-7-8-17-30(27)24-31)48-43(47-41)34-19-10-9-18-32(34)33-20-11-21-37-40(33)35-25-39-36(26-38(35)49-37)45-44(50-39)29-15-5-2-6-16-29/h1-26H. The minimum atomic E-state index is 0.645. The zero-order valence-electron chi connectivity index (χ0n) is 26.6. The average Bonchev–Trinajstić information content (AvgIpc) is 3.78. The molecule has 0 radical (unpaired) electrons. The minimum absolute atomic E-state index is 0.645. The number of thiophene rings is 1. The van der Waals surface area contributed by atoms with Crippen LogP contribution in [0, 0.1) is 0 Å². The molecule has 3 heterocycles. The highest BCUT2D eigenvalue weighted by Gasteiger charge is 2.19. The Morgan fingerprint density at radius 2 is 1.02 bits per heavy atom. The second-order valence-corrected chi connectivity index (χ2v) is 14.4. The zero-order chi connectivity index (χ0) is 33.0. The maximum atomic E-state index is 5.17. The van der Waals surface area contributed by atoms with E-state index in [0.717, 1.165) is 49.3 Å². The topological polar surface area (TPSA) is 51.6 Å². The molecule has 10 rings (SSSR count). The third-order valence-electron chi connectivity index (χ3n) is 9.16. The Morgan fingerprint density at radius 3 is 1.84 bits per heavy atom.